The molecule has 24 heavy (non-hydrogen) atoms. The van der Waals surface area contributed by atoms with E-state index in [4.69, 9.17) is 9.47 Å². The Balaban J connectivity index is 2.08. The quantitative estimate of drug-likeness (QED) is 0.937. The number of rotatable bonds is 3. The number of ether oxygens (including phenoxy) is 2. The molecule has 126 valence electrons. The topological polar surface area (TPSA) is 50.8 Å². The van der Waals surface area contributed by atoms with Gasteiger partial charge >= 0.3 is 0 Å². The maximum absolute atomic E-state index is 14.1. The molecule has 1 aliphatic heterocycles. The van der Waals surface area contributed by atoms with E-state index in [1.165, 1.54) is 25.2 Å². The fourth-order valence-corrected chi connectivity index (χ4v) is 2.74. The van der Waals surface area contributed by atoms with Gasteiger partial charge in [0.25, 0.3) is 5.91 Å². The van der Waals surface area contributed by atoms with Crippen molar-refractivity contribution in [2.24, 2.45) is 0 Å². The number of anilines is 1. The molecule has 1 amide bonds. The molecule has 1 heterocycles. The first-order valence-corrected chi connectivity index (χ1v) is 7.21. The van der Waals surface area contributed by atoms with Crippen LogP contribution in [0.4, 0.5) is 14.5 Å². The molecule has 1 aliphatic rings. The predicted octanol–water partition coefficient (Wildman–Crippen LogP) is 3.18. The molecule has 1 atom stereocenters. The molecule has 0 saturated carbocycles. The first-order valence-electron chi connectivity index (χ1n) is 7.21. The summed E-state index contributed by atoms with van der Waals surface area (Å²) in [6.45, 7) is 0. The SMILES string of the molecule is COc1cc2c(cc1OC)C(=O)N(C)C(c1ccc(F)cc1F)N2. The highest BCUT2D eigenvalue weighted by atomic mass is 19.1. The van der Waals surface area contributed by atoms with E-state index in [0.717, 1.165) is 12.1 Å². The van der Waals surface area contributed by atoms with Gasteiger partial charge in [0.15, 0.2) is 11.5 Å². The molecular formula is C17H16F2N2O3. The lowest BCUT2D eigenvalue weighted by Crippen LogP contribution is -2.40. The van der Waals surface area contributed by atoms with Gasteiger partial charge in [-0.2, -0.15) is 0 Å². The highest BCUT2D eigenvalue weighted by Gasteiger charge is 2.33. The number of halogens is 2. The smallest absolute Gasteiger partial charge is 0.257 e. The molecule has 0 bridgehead atoms. The van der Waals surface area contributed by atoms with Crippen LogP contribution < -0.4 is 14.8 Å². The summed E-state index contributed by atoms with van der Waals surface area (Å²) < 4.78 is 37.7. The van der Waals surface area contributed by atoms with Crippen molar-refractivity contribution in [3.05, 3.63) is 53.1 Å². The predicted molar refractivity (Wildman–Crippen MR) is 84.4 cm³/mol. The average Bonchev–Trinajstić information content (AvgIpc) is 2.57. The third-order valence-electron chi connectivity index (χ3n) is 4.01. The van der Waals surface area contributed by atoms with Gasteiger partial charge < -0.3 is 19.7 Å². The number of carbonyl (C=O) groups excluding carboxylic acids is 1. The maximum Gasteiger partial charge on any atom is 0.257 e. The Kier molecular flexibility index (Phi) is 4.01. The summed E-state index contributed by atoms with van der Waals surface area (Å²) in [7, 11) is 4.51. The molecule has 7 heteroatoms. The Morgan fingerprint density at radius 3 is 2.38 bits per heavy atom. The Morgan fingerprint density at radius 1 is 1.08 bits per heavy atom. The largest absolute Gasteiger partial charge is 0.493 e. The minimum atomic E-state index is -0.760. The molecular weight excluding hydrogens is 318 g/mol. The Morgan fingerprint density at radius 2 is 1.75 bits per heavy atom. The minimum Gasteiger partial charge on any atom is -0.493 e. The van der Waals surface area contributed by atoms with Crippen molar-refractivity contribution in [1.29, 1.82) is 0 Å². The fourth-order valence-electron chi connectivity index (χ4n) is 2.74. The van der Waals surface area contributed by atoms with Crippen molar-refractivity contribution in [3.63, 3.8) is 0 Å². The zero-order valence-corrected chi connectivity index (χ0v) is 13.4. The number of nitrogens with zero attached hydrogens (tertiary/aromatic N) is 1. The van der Waals surface area contributed by atoms with Crippen molar-refractivity contribution in [3.8, 4) is 11.5 Å². The van der Waals surface area contributed by atoms with Crippen molar-refractivity contribution in [1.82, 2.24) is 4.90 Å². The van der Waals surface area contributed by atoms with E-state index in [1.807, 2.05) is 0 Å². The van der Waals surface area contributed by atoms with Crippen LogP contribution >= 0.6 is 0 Å². The number of amides is 1. The molecule has 0 fully saturated rings. The summed E-state index contributed by atoms with van der Waals surface area (Å²) in [5.41, 5.74) is 1.05. The minimum absolute atomic E-state index is 0.174. The molecule has 0 aliphatic carbocycles. The number of hydrogen-bond donors (Lipinski definition) is 1. The van der Waals surface area contributed by atoms with Gasteiger partial charge in [-0.1, -0.05) is 0 Å². The molecule has 1 unspecified atom stereocenters. The van der Waals surface area contributed by atoms with Crippen molar-refractivity contribution in [2.75, 3.05) is 26.6 Å². The summed E-state index contributed by atoms with van der Waals surface area (Å²) in [6.07, 6.45) is -0.760. The first kappa shape index (κ1) is 16.0. The highest BCUT2D eigenvalue weighted by molar-refractivity contribution is 6.02. The standard InChI is InChI=1S/C17H16F2N2O3/c1-21-16(10-5-4-9(18)6-12(10)19)20-13-8-15(24-3)14(23-2)7-11(13)17(21)22/h4-8,16,20H,1-3H3. The second-order valence-electron chi connectivity index (χ2n) is 5.38. The van der Waals surface area contributed by atoms with Crippen molar-refractivity contribution < 1.29 is 23.0 Å². The van der Waals surface area contributed by atoms with Crippen molar-refractivity contribution in [2.45, 2.75) is 6.17 Å². The number of carbonyl (C=O) groups is 1. The molecule has 0 spiro atoms. The third-order valence-corrected chi connectivity index (χ3v) is 4.01. The normalized spacial score (nSPS) is 16.5. The van der Waals surface area contributed by atoms with Crippen LogP contribution in [-0.4, -0.2) is 32.1 Å². The zero-order valence-electron chi connectivity index (χ0n) is 13.4. The highest BCUT2D eigenvalue weighted by Crippen LogP contribution is 2.39. The number of hydrogen-bond acceptors (Lipinski definition) is 4. The number of fused-ring (bicyclic) bond motifs is 1. The van der Waals surface area contributed by atoms with E-state index in [9.17, 15) is 13.6 Å². The number of methoxy groups -OCH3 is 2. The fraction of sp³-hybridized carbons (Fsp3) is 0.235. The average molecular weight is 334 g/mol. The van der Waals surface area contributed by atoms with E-state index >= 15 is 0 Å². The summed E-state index contributed by atoms with van der Waals surface area (Å²) in [5.74, 6) is -0.840. The molecule has 3 rings (SSSR count). The van der Waals surface area contributed by atoms with E-state index in [-0.39, 0.29) is 11.5 Å². The van der Waals surface area contributed by atoms with E-state index < -0.39 is 17.8 Å². The molecule has 1 N–H and O–H groups in total. The zero-order chi connectivity index (χ0) is 17.4. The Hall–Kier alpha value is -2.83. The van der Waals surface area contributed by atoms with Crippen LogP contribution in [0.15, 0.2) is 30.3 Å². The second kappa shape index (κ2) is 5.99. The van der Waals surface area contributed by atoms with Crippen molar-refractivity contribution >= 4 is 11.6 Å². The van der Waals surface area contributed by atoms with Gasteiger partial charge in [-0.3, -0.25) is 4.79 Å². The lowest BCUT2D eigenvalue weighted by Gasteiger charge is -2.36. The summed E-state index contributed by atoms with van der Waals surface area (Å²) in [6, 6.07) is 6.45. The Labute approximate surface area is 137 Å². The van der Waals surface area contributed by atoms with Gasteiger partial charge in [0.1, 0.15) is 17.8 Å². The molecule has 0 saturated heterocycles. The molecule has 0 radical (unpaired) electrons. The molecule has 2 aromatic rings. The van der Waals surface area contributed by atoms with Crippen LogP contribution in [0.1, 0.15) is 22.1 Å². The first-order chi connectivity index (χ1) is 11.5. The van der Waals surface area contributed by atoms with Gasteiger partial charge in [-0.25, -0.2) is 8.78 Å². The molecule has 5 nitrogen and oxygen atoms in total. The van der Waals surface area contributed by atoms with E-state index in [0.29, 0.717) is 22.7 Å². The third kappa shape index (κ3) is 2.51. The summed E-state index contributed by atoms with van der Waals surface area (Å²) in [4.78, 5) is 14.0. The van der Waals surface area contributed by atoms with E-state index in [1.54, 1.807) is 19.2 Å². The van der Waals surface area contributed by atoms with Gasteiger partial charge in [0, 0.05) is 24.7 Å². The second-order valence-corrected chi connectivity index (χ2v) is 5.38. The lowest BCUT2D eigenvalue weighted by atomic mass is 10.0. The molecule has 2 aromatic carbocycles. The van der Waals surface area contributed by atoms with Gasteiger partial charge in [0.2, 0.25) is 0 Å². The monoisotopic (exact) mass is 334 g/mol. The summed E-state index contributed by atoms with van der Waals surface area (Å²) >= 11 is 0. The number of nitrogens with one attached hydrogen (secondary N) is 1. The number of benzene rings is 2. The van der Waals surface area contributed by atoms with E-state index in [2.05, 4.69) is 5.32 Å². The van der Waals surface area contributed by atoms with Crippen LogP contribution in [0, 0.1) is 11.6 Å². The van der Waals surface area contributed by atoms with Crippen LogP contribution in [0.5, 0.6) is 11.5 Å². The Bertz CT molecular complexity index is 811. The van der Waals surface area contributed by atoms with Gasteiger partial charge in [-0.05, 0) is 18.2 Å². The van der Waals surface area contributed by atoms with Crippen LogP contribution in [0.3, 0.4) is 0 Å². The van der Waals surface area contributed by atoms with Crippen LogP contribution in [-0.2, 0) is 0 Å². The van der Waals surface area contributed by atoms with Crippen LogP contribution in [0.25, 0.3) is 0 Å². The van der Waals surface area contributed by atoms with Gasteiger partial charge in [-0.15, -0.1) is 0 Å². The lowest BCUT2D eigenvalue weighted by molar-refractivity contribution is 0.0732. The summed E-state index contributed by atoms with van der Waals surface area (Å²) in [5, 5.41) is 3.09. The van der Waals surface area contributed by atoms with Gasteiger partial charge in [0.05, 0.1) is 25.5 Å². The van der Waals surface area contributed by atoms with Crippen LogP contribution in [0.2, 0.25) is 0 Å². The molecule has 0 aromatic heterocycles. The maximum atomic E-state index is 14.1.